The molecule has 1 aliphatic carbocycles. The van der Waals surface area contributed by atoms with E-state index >= 15 is 0 Å². The largest absolute Gasteiger partial charge is 0.497 e. The minimum Gasteiger partial charge on any atom is -0.497 e. The van der Waals surface area contributed by atoms with Crippen molar-refractivity contribution in [2.45, 2.75) is 31.6 Å². The monoisotopic (exact) mass is 270 g/mol. The van der Waals surface area contributed by atoms with Crippen LogP contribution in [0.5, 0.6) is 5.75 Å². The Labute approximate surface area is 101 Å². The summed E-state index contributed by atoms with van der Waals surface area (Å²) < 4.78 is 5.13. The highest BCUT2D eigenvalue weighted by Crippen LogP contribution is 2.34. The first-order valence-corrected chi connectivity index (χ1v) is 7.00. The number of rotatable bonds is 2. The van der Waals surface area contributed by atoms with E-state index < -0.39 is 0 Å². The zero-order valence-electron chi connectivity index (χ0n) is 9.50. The molecule has 1 aromatic carbocycles. The number of alkyl halides is 1. The molecular weight excluding hydrogens is 252 g/mol. The lowest BCUT2D eigenvalue weighted by Crippen LogP contribution is -1.91. The Balaban J connectivity index is 0.000000531. The fourth-order valence-corrected chi connectivity index (χ4v) is 2.14. The lowest BCUT2D eigenvalue weighted by atomic mass is 9.98. The van der Waals surface area contributed by atoms with E-state index in [9.17, 15) is 0 Å². The maximum absolute atomic E-state index is 5.13. The number of hydrogen-bond donors (Lipinski definition) is 0. The minimum atomic E-state index is 0.811. The summed E-state index contributed by atoms with van der Waals surface area (Å²) in [7, 11) is 1.71. The Morgan fingerprint density at radius 1 is 1.07 bits per heavy atom. The van der Waals surface area contributed by atoms with Gasteiger partial charge >= 0.3 is 0 Å². The zero-order chi connectivity index (χ0) is 11.1. The van der Waals surface area contributed by atoms with Crippen molar-refractivity contribution in [1.82, 2.24) is 0 Å². The summed E-state index contributed by atoms with van der Waals surface area (Å²) >= 11 is 2.94. The molecule has 0 saturated heterocycles. The predicted octanol–water partition coefficient (Wildman–Crippen LogP) is 4.36. The van der Waals surface area contributed by atoms with Crippen LogP contribution in [-0.2, 0) is 0 Å². The van der Waals surface area contributed by atoms with E-state index in [0.29, 0.717) is 0 Å². The topological polar surface area (TPSA) is 9.23 Å². The Kier molecular flexibility index (Phi) is 5.77. The molecule has 0 spiro atoms. The average Bonchev–Trinajstić information content (AvgIpc) is 2.85. The Morgan fingerprint density at radius 2 is 1.60 bits per heavy atom. The molecule has 1 nitrogen and oxygen atoms in total. The molecule has 0 atom stereocenters. The third-order valence-corrected chi connectivity index (χ3v) is 2.94. The van der Waals surface area contributed by atoms with Gasteiger partial charge in [0.25, 0.3) is 0 Å². The van der Waals surface area contributed by atoms with Crippen molar-refractivity contribution in [3.63, 3.8) is 0 Å². The van der Waals surface area contributed by atoms with E-state index in [4.69, 9.17) is 4.74 Å². The Bertz CT molecular complexity index is 262. The summed E-state index contributed by atoms with van der Waals surface area (Å²) in [6.45, 7) is 0. The van der Waals surface area contributed by atoms with Gasteiger partial charge in [-0.15, -0.1) is 0 Å². The van der Waals surface area contributed by atoms with Crippen molar-refractivity contribution in [2.75, 3.05) is 12.9 Å². The van der Waals surface area contributed by atoms with E-state index in [1.54, 1.807) is 7.11 Å². The highest BCUT2D eigenvalue weighted by atomic mass is 79.9. The van der Waals surface area contributed by atoms with E-state index in [0.717, 1.165) is 11.7 Å². The van der Waals surface area contributed by atoms with Gasteiger partial charge in [0.15, 0.2) is 0 Å². The number of benzene rings is 1. The van der Waals surface area contributed by atoms with Crippen molar-refractivity contribution in [1.29, 1.82) is 0 Å². The van der Waals surface area contributed by atoms with E-state index in [1.807, 2.05) is 5.83 Å². The maximum atomic E-state index is 5.13. The normalized spacial score (nSPS) is 15.7. The van der Waals surface area contributed by atoms with Gasteiger partial charge < -0.3 is 4.74 Å². The summed E-state index contributed by atoms with van der Waals surface area (Å²) in [5.41, 5.74) is 1.48. The first kappa shape index (κ1) is 12.6. The van der Waals surface area contributed by atoms with Crippen LogP contribution >= 0.6 is 15.9 Å². The molecule has 1 aliphatic rings. The summed E-state index contributed by atoms with van der Waals surface area (Å²) in [4.78, 5) is 0. The first-order valence-electron chi connectivity index (χ1n) is 5.42. The lowest BCUT2D eigenvalue weighted by Gasteiger charge is -2.09. The second-order valence-corrected chi connectivity index (χ2v) is 3.75. The van der Waals surface area contributed by atoms with Gasteiger partial charge in [-0.25, -0.2) is 0 Å². The standard InChI is InChI=1S/C12H16O.CH3Br/c1-13-12-8-6-11(7-9-12)10-4-2-3-5-10;1-2/h6-10H,2-5H2,1H3;1H3. The molecule has 15 heavy (non-hydrogen) atoms. The maximum Gasteiger partial charge on any atom is 0.118 e. The smallest absolute Gasteiger partial charge is 0.118 e. The highest BCUT2D eigenvalue weighted by molar-refractivity contribution is 9.08. The molecule has 1 fully saturated rings. The number of halogens is 1. The van der Waals surface area contributed by atoms with Crippen LogP contribution in [0.3, 0.4) is 0 Å². The predicted molar refractivity (Wildman–Crippen MR) is 69.1 cm³/mol. The van der Waals surface area contributed by atoms with E-state index in [-0.39, 0.29) is 0 Å². The molecule has 0 bridgehead atoms. The molecule has 2 heteroatoms. The SMILES string of the molecule is CBr.COc1ccc(C2CCCC2)cc1. The average molecular weight is 271 g/mol. The Morgan fingerprint density at radius 3 is 2.07 bits per heavy atom. The number of methoxy groups -OCH3 is 1. The van der Waals surface area contributed by atoms with Crippen molar-refractivity contribution < 1.29 is 4.74 Å². The minimum absolute atomic E-state index is 0.811. The van der Waals surface area contributed by atoms with Crippen LogP contribution < -0.4 is 4.74 Å². The van der Waals surface area contributed by atoms with Crippen LogP contribution in [0.1, 0.15) is 37.2 Å². The van der Waals surface area contributed by atoms with Crippen LogP contribution in [0.25, 0.3) is 0 Å². The molecule has 0 N–H and O–H groups in total. The summed E-state index contributed by atoms with van der Waals surface area (Å²) in [5.74, 6) is 3.58. The molecule has 0 radical (unpaired) electrons. The molecule has 0 amide bonds. The van der Waals surface area contributed by atoms with Crippen LogP contribution in [0.15, 0.2) is 24.3 Å². The highest BCUT2D eigenvalue weighted by Gasteiger charge is 2.16. The number of hydrogen-bond acceptors (Lipinski definition) is 1. The van der Waals surface area contributed by atoms with Crippen molar-refractivity contribution >= 4 is 15.9 Å². The third kappa shape index (κ3) is 3.53. The third-order valence-electron chi connectivity index (χ3n) is 2.94. The lowest BCUT2D eigenvalue weighted by molar-refractivity contribution is 0.414. The van der Waals surface area contributed by atoms with Gasteiger partial charge in [0.2, 0.25) is 0 Å². The van der Waals surface area contributed by atoms with E-state index in [2.05, 4.69) is 40.2 Å². The zero-order valence-corrected chi connectivity index (χ0v) is 11.1. The summed E-state index contributed by atoms with van der Waals surface area (Å²) in [6, 6.07) is 8.53. The molecule has 0 heterocycles. The van der Waals surface area contributed by atoms with Crippen molar-refractivity contribution in [3.8, 4) is 5.75 Å². The van der Waals surface area contributed by atoms with Crippen LogP contribution in [-0.4, -0.2) is 12.9 Å². The van der Waals surface area contributed by atoms with Crippen molar-refractivity contribution in [3.05, 3.63) is 29.8 Å². The number of ether oxygens (including phenoxy) is 1. The molecular formula is C13H19BrO. The van der Waals surface area contributed by atoms with Gasteiger partial charge in [0.05, 0.1) is 7.11 Å². The fourth-order valence-electron chi connectivity index (χ4n) is 2.14. The molecule has 2 rings (SSSR count). The second-order valence-electron chi connectivity index (χ2n) is 3.75. The second kappa shape index (κ2) is 6.89. The molecule has 0 aliphatic heterocycles. The summed E-state index contributed by atoms with van der Waals surface area (Å²) in [6.07, 6.45) is 5.53. The van der Waals surface area contributed by atoms with Gasteiger partial charge in [-0.2, -0.15) is 0 Å². The quantitative estimate of drug-likeness (QED) is 0.726. The van der Waals surface area contributed by atoms with Crippen LogP contribution in [0.2, 0.25) is 0 Å². The Hall–Kier alpha value is -0.500. The molecule has 1 aromatic rings. The first-order chi connectivity index (χ1) is 7.40. The van der Waals surface area contributed by atoms with Gasteiger partial charge in [0.1, 0.15) is 5.75 Å². The molecule has 0 unspecified atom stereocenters. The van der Waals surface area contributed by atoms with Gasteiger partial charge in [-0.1, -0.05) is 40.9 Å². The van der Waals surface area contributed by atoms with Gasteiger partial charge in [-0.3, -0.25) is 0 Å². The van der Waals surface area contributed by atoms with Crippen molar-refractivity contribution in [2.24, 2.45) is 0 Å². The van der Waals surface area contributed by atoms with Gasteiger partial charge in [-0.05, 0) is 42.3 Å². The van der Waals surface area contributed by atoms with E-state index in [1.165, 1.54) is 31.2 Å². The van der Waals surface area contributed by atoms with Gasteiger partial charge in [0, 0.05) is 0 Å². The molecule has 84 valence electrons. The van der Waals surface area contributed by atoms with Crippen LogP contribution in [0.4, 0.5) is 0 Å². The molecule has 1 saturated carbocycles. The molecule has 0 aromatic heterocycles. The van der Waals surface area contributed by atoms with Crippen LogP contribution in [0, 0.1) is 0 Å². The fraction of sp³-hybridized carbons (Fsp3) is 0.538. The summed E-state index contributed by atoms with van der Waals surface area (Å²) in [5, 5.41) is 0.